The molecule has 0 atom stereocenters. The summed E-state index contributed by atoms with van der Waals surface area (Å²) in [4.78, 5) is 4.00. The first-order valence-corrected chi connectivity index (χ1v) is 9.82. The number of aliphatic imine (C=N–C) groups is 1. The third kappa shape index (κ3) is 5.74. The van der Waals surface area contributed by atoms with Crippen LogP contribution in [0, 0.1) is 11.6 Å². The van der Waals surface area contributed by atoms with E-state index in [2.05, 4.69) is 15.6 Å². The predicted octanol–water partition coefficient (Wildman–Crippen LogP) is 1.84. The van der Waals surface area contributed by atoms with Crippen molar-refractivity contribution in [1.29, 1.82) is 0 Å². The Hall–Kier alpha value is -1.01. The van der Waals surface area contributed by atoms with Gasteiger partial charge in [0.1, 0.15) is 11.6 Å². The molecule has 10 heteroatoms. The van der Waals surface area contributed by atoms with E-state index in [1.54, 1.807) is 0 Å². The summed E-state index contributed by atoms with van der Waals surface area (Å²) in [5, 5.41) is 5.85. The van der Waals surface area contributed by atoms with Gasteiger partial charge in [0, 0.05) is 45.2 Å². The van der Waals surface area contributed by atoms with Crippen LogP contribution in [0.1, 0.15) is 18.4 Å². The van der Waals surface area contributed by atoms with E-state index in [-0.39, 0.29) is 42.6 Å². The van der Waals surface area contributed by atoms with Gasteiger partial charge in [0.25, 0.3) is 0 Å². The van der Waals surface area contributed by atoms with Crippen LogP contribution in [0.5, 0.6) is 0 Å². The molecule has 2 N–H and O–H groups in total. The highest BCUT2D eigenvalue weighted by atomic mass is 127. The molecule has 0 saturated carbocycles. The zero-order valence-corrected chi connectivity index (χ0v) is 17.9. The van der Waals surface area contributed by atoms with Gasteiger partial charge in [0.15, 0.2) is 15.8 Å². The molecule has 0 radical (unpaired) electrons. The van der Waals surface area contributed by atoms with Gasteiger partial charge in [-0.25, -0.2) is 17.2 Å². The summed E-state index contributed by atoms with van der Waals surface area (Å²) in [6.07, 6.45) is 2.01. The van der Waals surface area contributed by atoms with Gasteiger partial charge in [0.05, 0.1) is 4.75 Å². The van der Waals surface area contributed by atoms with Gasteiger partial charge in [-0.2, -0.15) is 0 Å². The third-order valence-electron chi connectivity index (χ3n) is 4.45. The number of guanidine groups is 1. The fourth-order valence-electron chi connectivity index (χ4n) is 2.75. The van der Waals surface area contributed by atoms with Crippen molar-refractivity contribution >= 4 is 39.8 Å². The van der Waals surface area contributed by atoms with E-state index in [0.29, 0.717) is 32.0 Å². The van der Waals surface area contributed by atoms with Crippen LogP contribution in [0.3, 0.4) is 0 Å². The number of halogens is 3. The Morgan fingerprint density at radius 1 is 1.27 bits per heavy atom. The molecule has 1 aliphatic heterocycles. The molecule has 0 unspecified atom stereocenters. The third-order valence-corrected chi connectivity index (χ3v) is 6.57. The van der Waals surface area contributed by atoms with Gasteiger partial charge in [-0.15, -0.1) is 24.0 Å². The van der Waals surface area contributed by atoms with Gasteiger partial charge in [-0.1, -0.05) is 0 Å². The highest BCUT2D eigenvalue weighted by Gasteiger charge is 2.42. The largest absolute Gasteiger partial charge is 0.381 e. The Morgan fingerprint density at radius 3 is 2.50 bits per heavy atom. The molecule has 1 fully saturated rings. The second-order valence-electron chi connectivity index (χ2n) is 6.08. The summed E-state index contributed by atoms with van der Waals surface area (Å²) in [6.45, 7) is 0.962. The summed E-state index contributed by atoms with van der Waals surface area (Å²) in [6, 6.07) is 3.21. The van der Waals surface area contributed by atoms with Crippen molar-refractivity contribution in [2.75, 3.05) is 33.1 Å². The van der Waals surface area contributed by atoms with Crippen molar-refractivity contribution in [1.82, 2.24) is 10.6 Å². The highest BCUT2D eigenvalue weighted by Crippen LogP contribution is 2.28. The molecular weight excluding hydrogens is 479 g/mol. The minimum absolute atomic E-state index is 0. The molecule has 1 heterocycles. The van der Waals surface area contributed by atoms with Crippen molar-refractivity contribution in [2.24, 2.45) is 4.99 Å². The first-order chi connectivity index (χ1) is 11.8. The Labute approximate surface area is 169 Å². The van der Waals surface area contributed by atoms with Gasteiger partial charge < -0.3 is 15.4 Å². The van der Waals surface area contributed by atoms with Crippen LogP contribution in [0.25, 0.3) is 0 Å². The van der Waals surface area contributed by atoms with Crippen molar-refractivity contribution in [3.63, 3.8) is 0 Å². The minimum atomic E-state index is -3.31. The van der Waals surface area contributed by atoms with Crippen LogP contribution < -0.4 is 10.6 Å². The van der Waals surface area contributed by atoms with E-state index in [1.165, 1.54) is 13.3 Å². The summed E-state index contributed by atoms with van der Waals surface area (Å²) < 4.78 is 55.7. The number of hydrogen-bond acceptors (Lipinski definition) is 4. The second kappa shape index (κ2) is 9.79. The molecule has 0 amide bonds. The van der Waals surface area contributed by atoms with Crippen LogP contribution in [0.4, 0.5) is 8.78 Å². The van der Waals surface area contributed by atoms with Crippen LogP contribution in [0.15, 0.2) is 23.2 Å². The SMILES string of the molecule is CN=C(NCc1cc(F)ccc1F)NCC1(S(C)(=O)=O)CCOCC1.I. The second-order valence-corrected chi connectivity index (χ2v) is 8.49. The number of rotatable bonds is 5. The number of ether oxygens (including phenoxy) is 1. The lowest BCUT2D eigenvalue weighted by Crippen LogP contribution is -2.53. The fraction of sp³-hybridized carbons (Fsp3) is 0.562. The molecule has 26 heavy (non-hydrogen) atoms. The first-order valence-electron chi connectivity index (χ1n) is 7.93. The maximum Gasteiger partial charge on any atom is 0.191 e. The topological polar surface area (TPSA) is 79.8 Å². The molecular formula is C16H24F2IN3O3S. The summed E-state index contributed by atoms with van der Waals surface area (Å²) in [5.41, 5.74) is 0.159. The van der Waals surface area contributed by atoms with E-state index < -0.39 is 26.2 Å². The molecule has 1 aromatic carbocycles. The molecule has 1 aliphatic rings. The lowest BCUT2D eigenvalue weighted by molar-refractivity contribution is 0.0756. The smallest absolute Gasteiger partial charge is 0.191 e. The predicted molar refractivity (Wildman–Crippen MR) is 108 cm³/mol. The summed E-state index contributed by atoms with van der Waals surface area (Å²) >= 11 is 0. The van der Waals surface area contributed by atoms with Crippen molar-refractivity contribution in [3.8, 4) is 0 Å². The van der Waals surface area contributed by atoms with E-state index in [1.807, 2.05) is 0 Å². The van der Waals surface area contributed by atoms with E-state index in [4.69, 9.17) is 4.74 Å². The van der Waals surface area contributed by atoms with E-state index in [9.17, 15) is 17.2 Å². The molecule has 0 spiro atoms. The molecule has 6 nitrogen and oxygen atoms in total. The molecule has 0 bridgehead atoms. The highest BCUT2D eigenvalue weighted by molar-refractivity contribution is 14.0. The quantitative estimate of drug-likeness (QED) is 0.365. The van der Waals surface area contributed by atoms with E-state index >= 15 is 0 Å². The molecule has 1 aromatic rings. The summed E-state index contributed by atoms with van der Waals surface area (Å²) in [5.74, 6) is -0.737. The van der Waals surface area contributed by atoms with E-state index in [0.717, 1.165) is 18.2 Å². The van der Waals surface area contributed by atoms with Gasteiger partial charge in [0.2, 0.25) is 0 Å². The van der Waals surface area contributed by atoms with Crippen LogP contribution in [-0.2, 0) is 21.1 Å². The maximum atomic E-state index is 13.7. The lowest BCUT2D eigenvalue weighted by atomic mass is 9.99. The van der Waals surface area contributed by atoms with Crippen LogP contribution in [-0.4, -0.2) is 52.2 Å². The molecule has 2 rings (SSSR count). The number of hydrogen-bond donors (Lipinski definition) is 2. The van der Waals surface area contributed by atoms with Crippen LogP contribution in [0.2, 0.25) is 0 Å². The zero-order valence-electron chi connectivity index (χ0n) is 14.7. The Kier molecular flexibility index (Phi) is 8.67. The summed E-state index contributed by atoms with van der Waals surface area (Å²) in [7, 11) is -1.78. The van der Waals surface area contributed by atoms with Crippen LogP contribution >= 0.6 is 24.0 Å². The zero-order chi connectivity index (χ0) is 18.5. The fourth-order valence-corrected chi connectivity index (χ4v) is 3.99. The van der Waals surface area contributed by atoms with Gasteiger partial charge in [-0.05, 0) is 31.0 Å². The standard InChI is InChI=1S/C16H23F2N3O3S.HI/c1-19-15(20-10-12-9-13(17)3-4-14(12)18)21-11-16(25(2,22)23)5-7-24-8-6-16;/h3-4,9H,5-8,10-11H2,1-2H3,(H2,19,20,21);1H. The molecule has 0 aromatic heterocycles. The van der Waals surface area contributed by atoms with Crippen molar-refractivity contribution in [3.05, 3.63) is 35.4 Å². The molecule has 1 saturated heterocycles. The number of sulfone groups is 1. The van der Waals surface area contributed by atoms with Gasteiger partial charge in [-0.3, -0.25) is 4.99 Å². The maximum absolute atomic E-state index is 13.7. The average molecular weight is 503 g/mol. The first kappa shape index (κ1) is 23.0. The molecule has 0 aliphatic carbocycles. The monoisotopic (exact) mass is 503 g/mol. The number of benzene rings is 1. The lowest BCUT2D eigenvalue weighted by Gasteiger charge is -2.35. The average Bonchev–Trinajstić information content (AvgIpc) is 2.57. The van der Waals surface area contributed by atoms with Crippen molar-refractivity contribution < 1.29 is 21.9 Å². The normalized spacial score (nSPS) is 17.3. The van der Waals surface area contributed by atoms with Gasteiger partial charge >= 0.3 is 0 Å². The minimum Gasteiger partial charge on any atom is -0.381 e. The number of nitrogens with zero attached hydrogens (tertiary/aromatic N) is 1. The number of nitrogens with one attached hydrogen (secondary N) is 2. The Morgan fingerprint density at radius 2 is 1.92 bits per heavy atom. The molecule has 148 valence electrons. The van der Waals surface area contributed by atoms with Crippen molar-refractivity contribution in [2.45, 2.75) is 24.1 Å². The Balaban J connectivity index is 0.00000338. The Bertz CT molecular complexity index is 738.